The minimum absolute atomic E-state index is 0.0260. The predicted octanol–water partition coefficient (Wildman–Crippen LogP) is 2.87. The number of carboxylic acid groups (broad SMARTS) is 1. The molecule has 27 heavy (non-hydrogen) atoms. The summed E-state index contributed by atoms with van der Waals surface area (Å²) in [6.45, 7) is 1.44. The predicted molar refractivity (Wildman–Crippen MR) is 97.0 cm³/mol. The van der Waals surface area contributed by atoms with Crippen molar-refractivity contribution in [3.8, 4) is 22.1 Å². The third-order valence-electron chi connectivity index (χ3n) is 5.87. The molecule has 2 aromatic rings. The Hall–Kier alpha value is -2.61. The summed E-state index contributed by atoms with van der Waals surface area (Å²) in [6.07, 6.45) is 3.90. The number of piperidine rings is 1. The van der Waals surface area contributed by atoms with Crippen LogP contribution in [-0.2, 0) is 4.79 Å². The van der Waals surface area contributed by atoms with Crippen molar-refractivity contribution in [1.29, 1.82) is 0 Å². The number of fused-ring (bicyclic) bond motifs is 1. The quantitative estimate of drug-likeness (QED) is 0.873. The summed E-state index contributed by atoms with van der Waals surface area (Å²) < 4.78 is 10.7. The Balaban J connectivity index is 1.28. The summed E-state index contributed by atoms with van der Waals surface area (Å²) in [5, 5.41) is 9.95. The molecule has 0 radical (unpaired) electrons. The van der Waals surface area contributed by atoms with Crippen LogP contribution in [0.25, 0.3) is 10.6 Å². The van der Waals surface area contributed by atoms with Crippen molar-refractivity contribution in [1.82, 2.24) is 9.88 Å². The van der Waals surface area contributed by atoms with Gasteiger partial charge in [0.1, 0.15) is 9.88 Å². The Bertz CT molecular complexity index is 932. The normalized spacial score (nSPS) is 22.1. The molecule has 140 valence electrons. The van der Waals surface area contributed by atoms with Gasteiger partial charge >= 0.3 is 5.97 Å². The summed E-state index contributed by atoms with van der Waals surface area (Å²) in [5.41, 5.74) is 0.816. The minimum atomic E-state index is -0.703. The number of rotatable bonds is 3. The highest BCUT2D eigenvalue weighted by molar-refractivity contribution is 7.16. The highest BCUT2D eigenvalue weighted by atomic mass is 32.1. The van der Waals surface area contributed by atoms with Crippen LogP contribution in [0.5, 0.6) is 11.5 Å². The SMILES string of the molecule is O=C(O)C1CC12CCN(C(=O)c1cnc(-c3ccc4c(c3)OCO4)s1)CC2. The molecule has 2 aliphatic heterocycles. The van der Waals surface area contributed by atoms with Crippen molar-refractivity contribution in [3.05, 3.63) is 29.3 Å². The van der Waals surface area contributed by atoms with Crippen LogP contribution in [0.15, 0.2) is 24.4 Å². The molecule has 3 aliphatic rings. The smallest absolute Gasteiger partial charge is 0.307 e. The maximum absolute atomic E-state index is 12.8. The fourth-order valence-electron chi connectivity index (χ4n) is 4.10. The average molecular weight is 386 g/mol. The number of hydrogen-bond donors (Lipinski definition) is 1. The second-order valence-electron chi connectivity index (χ2n) is 7.35. The number of benzene rings is 1. The monoisotopic (exact) mass is 386 g/mol. The van der Waals surface area contributed by atoms with Gasteiger partial charge in [0, 0.05) is 18.7 Å². The van der Waals surface area contributed by atoms with Gasteiger partial charge in [-0.05, 0) is 42.9 Å². The number of hydrogen-bond acceptors (Lipinski definition) is 6. The van der Waals surface area contributed by atoms with Gasteiger partial charge in [-0.2, -0.15) is 0 Å². The van der Waals surface area contributed by atoms with Gasteiger partial charge in [-0.3, -0.25) is 9.59 Å². The fraction of sp³-hybridized carbons (Fsp3) is 0.421. The van der Waals surface area contributed by atoms with E-state index in [1.54, 1.807) is 6.20 Å². The van der Waals surface area contributed by atoms with Gasteiger partial charge in [-0.15, -0.1) is 11.3 Å². The second-order valence-corrected chi connectivity index (χ2v) is 8.38. The zero-order valence-corrected chi connectivity index (χ0v) is 15.3. The number of amides is 1. The van der Waals surface area contributed by atoms with E-state index in [0.29, 0.717) is 29.5 Å². The van der Waals surface area contributed by atoms with Crippen molar-refractivity contribution in [2.24, 2.45) is 11.3 Å². The number of carbonyl (C=O) groups excluding carboxylic acids is 1. The maximum Gasteiger partial charge on any atom is 0.307 e. The molecule has 5 rings (SSSR count). The van der Waals surface area contributed by atoms with Crippen LogP contribution in [0.1, 0.15) is 28.9 Å². The Labute approximate surface area is 159 Å². The Morgan fingerprint density at radius 3 is 2.74 bits per heavy atom. The van der Waals surface area contributed by atoms with Crippen LogP contribution in [0.4, 0.5) is 0 Å². The van der Waals surface area contributed by atoms with Gasteiger partial charge in [0.05, 0.1) is 12.1 Å². The number of aromatic nitrogens is 1. The van der Waals surface area contributed by atoms with Crippen molar-refractivity contribution in [3.63, 3.8) is 0 Å². The lowest BCUT2D eigenvalue weighted by Gasteiger charge is -2.32. The molecule has 1 aliphatic carbocycles. The van der Waals surface area contributed by atoms with Gasteiger partial charge in [-0.25, -0.2) is 4.98 Å². The molecule has 1 aromatic heterocycles. The molecule has 1 spiro atoms. The van der Waals surface area contributed by atoms with Crippen molar-refractivity contribution in [2.75, 3.05) is 19.9 Å². The number of ether oxygens (including phenoxy) is 2. The van der Waals surface area contributed by atoms with Gasteiger partial charge in [-0.1, -0.05) is 0 Å². The van der Waals surface area contributed by atoms with Crippen molar-refractivity contribution < 1.29 is 24.2 Å². The summed E-state index contributed by atoms with van der Waals surface area (Å²) in [4.78, 5) is 30.8. The first-order chi connectivity index (χ1) is 13.1. The van der Waals surface area contributed by atoms with E-state index < -0.39 is 5.97 Å². The topological polar surface area (TPSA) is 89.0 Å². The van der Waals surface area contributed by atoms with E-state index in [9.17, 15) is 14.7 Å². The van der Waals surface area contributed by atoms with E-state index in [0.717, 1.165) is 29.8 Å². The Morgan fingerprint density at radius 1 is 1.22 bits per heavy atom. The first-order valence-electron chi connectivity index (χ1n) is 8.94. The molecule has 1 N–H and O–H groups in total. The van der Waals surface area contributed by atoms with Crippen LogP contribution in [0.2, 0.25) is 0 Å². The number of nitrogens with zero attached hydrogens (tertiary/aromatic N) is 2. The lowest BCUT2D eigenvalue weighted by atomic mass is 9.91. The summed E-state index contributed by atoms with van der Waals surface area (Å²) >= 11 is 1.36. The molecular formula is C19H18N2O5S. The zero-order chi connectivity index (χ0) is 18.6. The van der Waals surface area contributed by atoms with E-state index in [4.69, 9.17) is 9.47 Å². The lowest BCUT2D eigenvalue weighted by Crippen LogP contribution is -2.39. The van der Waals surface area contributed by atoms with E-state index in [1.165, 1.54) is 11.3 Å². The number of aliphatic carboxylic acids is 1. The molecule has 2 fully saturated rings. The Morgan fingerprint density at radius 2 is 2.00 bits per heavy atom. The zero-order valence-electron chi connectivity index (χ0n) is 14.5. The minimum Gasteiger partial charge on any atom is -0.481 e. The average Bonchev–Trinajstić information content (AvgIpc) is 3.06. The lowest BCUT2D eigenvalue weighted by molar-refractivity contribution is -0.139. The number of likely N-dealkylation sites (tertiary alicyclic amines) is 1. The molecule has 1 amide bonds. The second kappa shape index (κ2) is 5.95. The third kappa shape index (κ3) is 2.75. The molecule has 1 aromatic carbocycles. The van der Waals surface area contributed by atoms with Crippen LogP contribution in [-0.4, -0.2) is 46.7 Å². The van der Waals surface area contributed by atoms with Gasteiger partial charge < -0.3 is 19.5 Å². The molecule has 1 saturated carbocycles. The number of carboxylic acids is 1. The Kier molecular flexibility index (Phi) is 3.65. The molecule has 0 bridgehead atoms. The molecule has 1 atom stereocenters. The van der Waals surface area contributed by atoms with Crippen LogP contribution < -0.4 is 9.47 Å². The molecular weight excluding hydrogens is 368 g/mol. The van der Waals surface area contributed by atoms with E-state index in [2.05, 4.69) is 4.98 Å². The molecule has 1 saturated heterocycles. The van der Waals surface area contributed by atoms with E-state index in [1.807, 2.05) is 23.1 Å². The largest absolute Gasteiger partial charge is 0.481 e. The third-order valence-corrected chi connectivity index (χ3v) is 6.90. The number of carbonyl (C=O) groups is 2. The maximum atomic E-state index is 12.8. The fourth-order valence-corrected chi connectivity index (χ4v) is 4.98. The van der Waals surface area contributed by atoms with Gasteiger partial charge in [0.2, 0.25) is 6.79 Å². The molecule has 8 heteroatoms. The number of thiazole rings is 1. The summed E-state index contributed by atoms with van der Waals surface area (Å²) in [6, 6.07) is 5.63. The van der Waals surface area contributed by atoms with Crippen LogP contribution in [0.3, 0.4) is 0 Å². The van der Waals surface area contributed by atoms with Gasteiger partial charge in [0.15, 0.2) is 11.5 Å². The van der Waals surface area contributed by atoms with E-state index >= 15 is 0 Å². The molecule has 1 unspecified atom stereocenters. The first-order valence-corrected chi connectivity index (χ1v) is 9.75. The highest BCUT2D eigenvalue weighted by Gasteiger charge is 2.59. The molecule has 3 heterocycles. The highest BCUT2D eigenvalue weighted by Crippen LogP contribution is 2.59. The van der Waals surface area contributed by atoms with Crippen LogP contribution >= 0.6 is 11.3 Å². The standard InChI is InChI=1S/C19H18N2O5S/c22-17(21-5-3-19(4-6-21)8-12(19)18(23)24)15-9-20-16(27-15)11-1-2-13-14(7-11)26-10-25-13/h1-2,7,9,12H,3-6,8,10H2,(H,23,24). The van der Waals surface area contributed by atoms with Crippen LogP contribution in [0, 0.1) is 11.3 Å². The van der Waals surface area contributed by atoms with E-state index in [-0.39, 0.29) is 24.0 Å². The van der Waals surface area contributed by atoms with Crippen molar-refractivity contribution in [2.45, 2.75) is 19.3 Å². The molecule has 7 nitrogen and oxygen atoms in total. The summed E-state index contributed by atoms with van der Waals surface area (Å²) in [5.74, 6) is 0.450. The first kappa shape index (κ1) is 16.6. The summed E-state index contributed by atoms with van der Waals surface area (Å²) in [7, 11) is 0. The van der Waals surface area contributed by atoms with Crippen molar-refractivity contribution >= 4 is 23.2 Å². The van der Waals surface area contributed by atoms with Gasteiger partial charge in [0.25, 0.3) is 5.91 Å².